The van der Waals surface area contributed by atoms with Crippen LogP contribution in [0.25, 0.3) is 16.8 Å². The van der Waals surface area contributed by atoms with Crippen LogP contribution < -0.4 is 20.1 Å². The topological polar surface area (TPSA) is 76.7 Å². The Bertz CT molecular complexity index is 1420. The van der Waals surface area contributed by atoms with Gasteiger partial charge >= 0.3 is 0 Å². The number of carbonyl (C=O) groups is 2. The van der Waals surface area contributed by atoms with Gasteiger partial charge in [-0.25, -0.2) is 0 Å². The molecule has 6 nitrogen and oxygen atoms in total. The molecule has 2 N–H and O–H groups in total. The van der Waals surface area contributed by atoms with Crippen molar-refractivity contribution in [3.8, 4) is 11.5 Å². The van der Waals surface area contributed by atoms with Gasteiger partial charge in [-0.2, -0.15) is 0 Å². The lowest BCUT2D eigenvalue weighted by atomic mass is 10.0. The summed E-state index contributed by atoms with van der Waals surface area (Å²) in [6, 6.07) is 26.0. The fourth-order valence-corrected chi connectivity index (χ4v) is 3.78. The molecule has 0 saturated heterocycles. The Kier molecular flexibility index (Phi) is 7.12. The van der Waals surface area contributed by atoms with Gasteiger partial charge in [0.25, 0.3) is 11.8 Å². The van der Waals surface area contributed by atoms with Crippen LogP contribution in [0.2, 0.25) is 0 Å². The van der Waals surface area contributed by atoms with Crippen molar-refractivity contribution in [1.82, 2.24) is 5.32 Å². The lowest BCUT2D eigenvalue weighted by Gasteiger charge is -2.13. The molecule has 0 saturated carbocycles. The molecule has 4 aromatic carbocycles. The molecule has 176 valence electrons. The number of hydrogen-bond acceptors (Lipinski definition) is 4. The van der Waals surface area contributed by atoms with Crippen LogP contribution in [0.3, 0.4) is 0 Å². The molecule has 0 fully saturated rings. The summed E-state index contributed by atoms with van der Waals surface area (Å²) in [5, 5.41) is 7.67. The second-order valence-electron chi connectivity index (χ2n) is 7.97. The van der Waals surface area contributed by atoms with Crippen LogP contribution in [-0.2, 0) is 4.79 Å². The maximum absolute atomic E-state index is 13.3. The van der Waals surface area contributed by atoms with Gasteiger partial charge in [-0.15, -0.1) is 0 Å². The Labute approximate surface area is 204 Å². The number of carbonyl (C=O) groups excluding carboxylic acids is 2. The van der Waals surface area contributed by atoms with Gasteiger partial charge in [-0.05, 0) is 65.2 Å². The van der Waals surface area contributed by atoms with Gasteiger partial charge in [0.05, 0.1) is 14.2 Å². The second kappa shape index (κ2) is 10.6. The Morgan fingerprint density at radius 2 is 1.54 bits per heavy atom. The number of ether oxygens (including phenoxy) is 2. The number of benzene rings is 4. The van der Waals surface area contributed by atoms with E-state index in [0.29, 0.717) is 22.7 Å². The highest BCUT2D eigenvalue weighted by atomic mass is 16.5. The monoisotopic (exact) mass is 466 g/mol. The van der Waals surface area contributed by atoms with E-state index in [1.54, 1.807) is 30.3 Å². The number of nitrogens with one attached hydrogen (secondary N) is 2. The Morgan fingerprint density at radius 1 is 0.800 bits per heavy atom. The number of rotatable bonds is 7. The van der Waals surface area contributed by atoms with Gasteiger partial charge in [0.1, 0.15) is 5.70 Å². The first-order chi connectivity index (χ1) is 17.0. The first-order valence-corrected chi connectivity index (χ1v) is 11.1. The smallest absolute Gasteiger partial charge is 0.272 e. The molecule has 0 bridgehead atoms. The maximum Gasteiger partial charge on any atom is 0.272 e. The molecule has 0 aliphatic carbocycles. The van der Waals surface area contributed by atoms with Crippen molar-refractivity contribution in [1.29, 1.82) is 0 Å². The molecule has 2 amide bonds. The van der Waals surface area contributed by atoms with Crippen molar-refractivity contribution in [3.63, 3.8) is 0 Å². The molecule has 4 rings (SSSR count). The van der Waals surface area contributed by atoms with E-state index in [1.807, 2.05) is 67.6 Å². The van der Waals surface area contributed by atoms with Crippen molar-refractivity contribution in [2.75, 3.05) is 19.5 Å². The van der Waals surface area contributed by atoms with Crippen molar-refractivity contribution in [2.24, 2.45) is 0 Å². The van der Waals surface area contributed by atoms with Crippen LogP contribution >= 0.6 is 0 Å². The highest BCUT2D eigenvalue weighted by molar-refractivity contribution is 6.11. The Hall–Kier alpha value is -4.58. The van der Waals surface area contributed by atoms with Crippen LogP contribution in [0.5, 0.6) is 11.5 Å². The molecule has 0 aromatic heterocycles. The zero-order chi connectivity index (χ0) is 24.8. The quantitative estimate of drug-likeness (QED) is 0.349. The van der Waals surface area contributed by atoms with Crippen molar-refractivity contribution >= 4 is 34.4 Å². The first kappa shape index (κ1) is 23.6. The maximum atomic E-state index is 13.3. The highest BCUT2D eigenvalue weighted by Gasteiger charge is 2.17. The minimum atomic E-state index is -0.447. The molecule has 0 aliphatic heterocycles. The summed E-state index contributed by atoms with van der Waals surface area (Å²) in [5.74, 6) is 0.0471. The minimum absolute atomic E-state index is 0.114. The van der Waals surface area contributed by atoms with E-state index in [2.05, 4.69) is 10.6 Å². The van der Waals surface area contributed by atoms with Crippen LogP contribution in [0.15, 0.2) is 90.6 Å². The zero-order valence-corrected chi connectivity index (χ0v) is 19.8. The summed E-state index contributed by atoms with van der Waals surface area (Å²) in [7, 11) is 3.03. The predicted octanol–water partition coefficient (Wildman–Crippen LogP) is 5.58. The van der Waals surface area contributed by atoms with Crippen LogP contribution in [0.4, 0.5) is 5.69 Å². The molecule has 0 spiro atoms. The van der Waals surface area contributed by atoms with Crippen molar-refractivity contribution < 1.29 is 19.1 Å². The summed E-state index contributed by atoms with van der Waals surface area (Å²) in [5.41, 5.74) is 2.90. The minimum Gasteiger partial charge on any atom is -0.493 e. The van der Waals surface area contributed by atoms with Gasteiger partial charge in [0, 0.05) is 11.3 Å². The molecule has 0 heterocycles. The third kappa shape index (κ3) is 5.50. The van der Waals surface area contributed by atoms with E-state index in [9.17, 15) is 9.59 Å². The third-order valence-electron chi connectivity index (χ3n) is 5.54. The molecule has 0 unspecified atom stereocenters. The van der Waals surface area contributed by atoms with Crippen molar-refractivity contribution in [3.05, 3.63) is 107 Å². The van der Waals surface area contributed by atoms with Crippen LogP contribution in [-0.4, -0.2) is 26.0 Å². The average Bonchev–Trinajstić information content (AvgIpc) is 2.88. The predicted molar refractivity (Wildman–Crippen MR) is 139 cm³/mol. The number of anilines is 1. The second-order valence-corrected chi connectivity index (χ2v) is 7.97. The summed E-state index contributed by atoms with van der Waals surface area (Å²) in [6.07, 6.45) is 1.69. The van der Waals surface area contributed by atoms with Gasteiger partial charge < -0.3 is 20.1 Å². The number of aryl methyl sites for hydroxylation is 1. The van der Waals surface area contributed by atoms with E-state index < -0.39 is 11.8 Å². The fourth-order valence-electron chi connectivity index (χ4n) is 3.78. The van der Waals surface area contributed by atoms with Crippen molar-refractivity contribution in [2.45, 2.75) is 6.92 Å². The Morgan fingerprint density at radius 3 is 2.31 bits per heavy atom. The van der Waals surface area contributed by atoms with Crippen LogP contribution in [0.1, 0.15) is 21.5 Å². The summed E-state index contributed by atoms with van der Waals surface area (Å²) in [6.45, 7) is 1.95. The normalized spacial score (nSPS) is 11.1. The van der Waals surface area contributed by atoms with Gasteiger partial charge in [-0.3, -0.25) is 9.59 Å². The summed E-state index contributed by atoms with van der Waals surface area (Å²) >= 11 is 0. The molecule has 0 atom stereocenters. The van der Waals surface area contributed by atoms with E-state index in [0.717, 1.165) is 21.9 Å². The largest absolute Gasteiger partial charge is 0.493 e. The highest BCUT2D eigenvalue weighted by Crippen LogP contribution is 2.28. The third-order valence-corrected chi connectivity index (χ3v) is 5.54. The lowest BCUT2D eigenvalue weighted by Crippen LogP contribution is -2.30. The number of amides is 2. The molecular weight excluding hydrogens is 440 g/mol. The molecular formula is C29H26N2O4. The van der Waals surface area contributed by atoms with Gasteiger partial charge in [0.15, 0.2) is 11.5 Å². The SMILES string of the molecule is COc1ccc(C(=O)N/C(=C/c2cccc3ccccc23)C(=O)Nc2cccc(C)c2)cc1OC. The van der Waals surface area contributed by atoms with Gasteiger partial charge in [0.2, 0.25) is 0 Å². The van der Waals surface area contributed by atoms with Gasteiger partial charge in [-0.1, -0.05) is 54.6 Å². The summed E-state index contributed by atoms with van der Waals surface area (Å²) < 4.78 is 10.6. The number of hydrogen-bond donors (Lipinski definition) is 2. The molecule has 6 heteroatoms. The molecule has 0 aliphatic rings. The van der Waals surface area contributed by atoms with E-state index >= 15 is 0 Å². The standard InChI is InChI=1S/C29H26N2O4/c1-19-8-6-12-23(16-19)30-29(33)25(17-21-11-7-10-20-9-4-5-13-24(20)21)31-28(32)22-14-15-26(34-2)27(18-22)35-3/h4-18H,1-3H3,(H,30,33)(H,31,32)/b25-17+. The Balaban J connectivity index is 1.71. The summed E-state index contributed by atoms with van der Waals surface area (Å²) in [4.78, 5) is 26.5. The number of fused-ring (bicyclic) bond motifs is 1. The number of methoxy groups -OCH3 is 2. The molecule has 4 aromatic rings. The average molecular weight is 467 g/mol. The van der Waals surface area contributed by atoms with Crippen LogP contribution in [0, 0.1) is 6.92 Å². The van der Waals surface area contributed by atoms with E-state index in [-0.39, 0.29) is 5.70 Å². The molecule has 0 radical (unpaired) electrons. The first-order valence-electron chi connectivity index (χ1n) is 11.1. The fraction of sp³-hybridized carbons (Fsp3) is 0.103. The molecule has 35 heavy (non-hydrogen) atoms. The zero-order valence-electron chi connectivity index (χ0n) is 19.8. The van der Waals surface area contributed by atoms with E-state index in [4.69, 9.17) is 9.47 Å². The van der Waals surface area contributed by atoms with E-state index in [1.165, 1.54) is 14.2 Å². The lowest BCUT2D eigenvalue weighted by molar-refractivity contribution is -0.113.